The van der Waals surface area contributed by atoms with Gasteiger partial charge in [0.05, 0.1) is 0 Å². The number of fused-ring (bicyclic) bond motifs is 1. The number of hydrogen-bond acceptors (Lipinski definition) is 4. The maximum Gasteiger partial charge on any atom is 0.308 e. The summed E-state index contributed by atoms with van der Waals surface area (Å²) in [6.45, 7) is 1.41. The van der Waals surface area contributed by atoms with Gasteiger partial charge in [0.2, 0.25) is 0 Å². The summed E-state index contributed by atoms with van der Waals surface area (Å²) < 4.78 is 5.10. The zero-order chi connectivity index (χ0) is 12.3. The van der Waals surface area contributed by atoms with Gasteiger partial charge in [0.15, 0.2) is 5.75 Å². The predicted octanol–water partition coefficient (Wildman–Crippen LogP) is 1.69. The zero-order valence-corrected chi connectivity index (χ0v) is 9.51. The molecule has 1 aromatic carbocycles. The van der Waals surface area contributed by atoms with Crippen molar-refractivity contribution in [3.63, 3.8) is 0 Å². The molecular weight excluding hydrogens is 218 g/mol. The fraction of sp³-hybridized carbons (Fsp3) is 0.231. The number of ether oxygens (including phenoxy) is 1. The van der Waals surface area contributed by atoms with Crippen LogP contribution in [0.4, 0.5) is 0 Å². The second-order valence-electron chi connectivity index (χ2n) is 3.70. The van der Waals surface area contributed by atoms with E-state index in [0.29, 0.717) is 17.7 Å². The van der Waals surface area contributed by atoms with E-state index in [1.165, 1.54) is 6.92 Å². The maximum absolute atomic E-state index is 11.0. The molecule has 0 spiro atoms. The second-order valence-corrected chi connectivity index (χ2v) is 3.70. The third-order valence-electron chi connectivity index (χ3n) is 2.36. The van der Waals surface area contributed by atoms with E-state index in [0.717, 1.165) is 11.1 Å². The third-order valence-corrected chi connectivity index (χ3v) is 2.36. The van der Waals surface area contributed by atoms with Crippen LogP contribution in [0.2, 0.25) is 0 Å². The smallest absolute Gasteiger partial charge is 0.308 e. The number of esters is 1. The summed E-state index contributed by atoms with van der Waals surface area (Å²) in [6, 6.07) is 9.18. The molecule has 1 N–H and O–H groups in total. The van der Waals surface area contributed by atoms with Gasteiger partial charge in [-0.1, -0.05) is 18.2 Å². The molecule has 17 heavy (non-hydrogen) atoms. The van der Waals surface area contributed by atoms with Crippen LogP contribution in [-0.2, 0) is 11.2 Å². The van der Waals surface area contributed by atoms with Crippen molar-refractivity contribution in [2.24, 2.45) is 0 Å². The van der Waals surface area contributed by atoms with Crippen molar-refractivity contribution in [3.8, 4) is 5.75 Å². The quantitative estimate of drug-likeness (QED) is 0.645. The van der Waals surface area contributed by atoms with E-state index in [1.54, 1.807) is 6.07 Å². The first kappa shape index (κ1) is 11.5. The molecule has 0 atom stereocenters. The van der Waals surface area contributed by atoms with Crippen molar-refractivity contribution in [1.29, 1.82) is 0 Å². The van der Waals surface area contributed by atoms with Gasteiger partial charge in [0.25, 0.3) is 0 Å². The lowest BCUT2D eigenvalue weighted by Crippen LogP contribution is -2.03. The van der Waals surface area contributed by atoms with Crippen molar-refractivity contribution in [1.82, 2.24) is 4.98 Å². The van der Waals surface area contributed by atoms with Crippen LogP contribution in [0.1, 0.15) is 12.6 Å². The molecular formula is C13H13NO3. The number of carbonyl (C=O) groups excluding carboxylic acids is 1. The first-order chi connectivity index (χ1) is 8.20. The highest BCUT2D eigenvalue weighted by atomic mass is 16.5. The number of aromatic nitrogens is 1. The molecule has 0 saturated heterocycles. The van der Waals surface area contributed by atoms with Crippen molar-refractivity contribution in [2.75, 3.05) is 6.61 Å². The summed E-state index contributed by atoms with van der Waals surface area (Å²) in [7, 11) is 0. The standard InChI is InChI=1S/C13H13NO3/c1-9(16)17-12-4-2-3-10-5-6-11(7-8-15)14-13(10)12/h2-6,15H,7-8H2,1H3. The maximum atomic E-state index is 11.0. The van der Waals surface area contributed by atoms with Crippen LogP contribution in [0, 0.1) is 0 Å². The van der Waals surface area contributed by atoms with Crippen LogP contribution in [0.25, 0.3) is 10.9 Å². The van der Waals surface area contributed by atoms with Crippen molar-refractivity contribution >= 4 is 16.9 Å². The summed E-state index contributed by atoms with van der Waals surface area (Å²) in [6.07, 6.45) is 0.490. The first-order valence-corrected chi connectivity index (χ1v) is 5.38. The highest BCUT2D eigenvalue weighted by Crippen LogP contribution is 2.24. The Morgan fingerprint density at radius 1 is 1.35 bits per heavy atom. The first-order valence-electron chi connectivity index (χ1n) is 5.38. The number of hydrogen-bond donors (Lipinski definition) is 1. The predicted molar refractivity (Wildman–Crippen MR) is 63.8 cm³/mol. The summed E-state index contributed by atoms with van der Waals surface area (Å²) in [5.41, 5.74) is 1.42. The average Bonchev–Trinajstić information content (AvgIpc) is 2.29. The number of carbonyl (C=O) groups is 1. The van der Waals surface area contributed by atoms with E-state index in [-0.39, 0.29) is 12.6 Å². The number of nitrogens with zero attached hydrogens (tertiary/aromatic N) is 1. The largest absolute Gasteiger partial charge is 0.424 e. The molecule has 88 valence electrons. The number of aliphatic hydroxyl groups is 1. The SMILES string of the molecule is CC(=O)Oc1cccc2ccc(CCO)nc12. The van der Waals surface area contributed by atoms with Crippen LogP contribution in [-0.4, -0.2) is 22.7 Å². The summed E-state index contributed by atoms with van der Waals surface area (Å²) >= 11 is 0. The van der Waals surface area contributed by atoms with Crippen LogP contribution >= 0.6 is 0 Å². The molecule has 2 rings (SSSR count). The van der Waals surface area contributed by atoms with E-state index in [2.05, 4.69) is 4.98 Å². The Kier molecular flexibility index (Phi) is 3.35. The van der Waals surface area contributed by atoms with Gasteiger partial charge in [0, 0.05) is 31.0 Å². The number of rotatable bonds is 3. The Morgan fingerprint density at radius 2 is 2.18 bits per heavy atom. The number of para-hydroxylation sites is 1. The lowest BCUT2D eigenvalue weighted by molar-refractivity contribution is -0.131. The van der Waals surface area contributed by atoms with E-state index >= 15 is 0 Å². The molecule has 0 aliphatic heterocycles. The lowest BCUT2D eigenvalue weighted by Gasteiger charge is -2.06. The number of benzene rings is 1. The van der Waals surface area contributed by atoms with Crippen LogP contribution in [0.15, 0.2) is 30.3 Å². The molecule has 0 bridgehead atoms. The van der Waals surface area contributed by atoms with Gasteiger partial charge in [-0.2, -0.15) is 0 Å². The van der Waals surface area contributed by atoms with Gasteiger partial charge in [-0.15, -0.1) is 0 Å². The Hall–Kier alpha value is -1.94. The molecule has 4 nitrogen and oxygen atoms in total. The molecule has 0 fully saturated rings. The average molecular weight is 231 g/mol. The van der Waals surface area contributed by atoms with Gasteiger partial charge in [0.1, 0.15) is 5.52 Å². The molecule has 0 aliphatic rings. The molecule has 2 aromatic rings. The minimum absolute atomic E-state index is 0.0498. The minimum Gasteiger partial charge on any atom is -0.424 e. The minimum atomic E-state index is -0.369. The molecule has 0 aliphatic carbocycles. The highest BCUT2D eigenvalue weighted by molar-refractivity contribution is 5.86. The van der Waals surface area contributed by atoms with E-state index < -0.39 is 0 Å². The number of aliphatic hydroxyl groups excluding tert-OH is 1. The molecule has 0 amide bonds. The summed E-state index contributed by atoms with van der Waals surface area (Å²) in [4.78, 5) is 15.4. The van der Waals surface area contributed by atoms with E-state index in [9.17, 15) is 4.79 Å². The molecule has 1 aromatic heterocycles. The van der Waals surface area contributed by atoms with Gasteiger partial charge in [-0.25, -0.2) is 4.98 Å². The number of pyridine rings is 1. The Morgan fingerprint density at radius 3 is 2.88 bits per heavy atom. The normalized spacial score (nSPS) is 10.5. The summed E-state index contributed by atoms with van der Waals surface area (Å²) in [5.74, 6) is 0.0849. The topological polar surface area (TPSA) is 59.4 Å². The van der Waals surface area contributed by atoms with Crippen LogP contribution < -0.4 is 4.74 Å². The molecule has 1 heterocycles. The second kappa shape index (κ2) is 4.93. The lowest BCUT2D eigenvalue weighted by atomic mass is 10.1. The van der Waals surface area contributed by atoms with Gasteiger partial charge < -0.3 is 9.84 Å². The molecule has 4 heteroatoms. The van der Waals surface area contributed by atoms with E-state index in [4.69, 9.17) is 9.84 Å². The van der Waals surface area contributed by atoms with Crippen molar-refractivity contribution in [3.05, 3.63) is 36.0 Å². The summed E-state index contributed by atoms with van der Waals surface area (Å²) in [5, 5.41) is 9.79. The fourth-order valence-electron chi connectivity index (χ4n) is 1.65. The molecule has 0 radical (unpaired) electrons. The van der Waals surface area contributed by atoms with Crippen molar-refractivity contribution < 1.29 is 14.6 Å². The van der Waals surface area contributed by atoms with Crippen molar-refractivity contribution in [2.45, 2.75) is 13.3 Å². The Balaban J connectivity index is 2.51. The van der Waals surface area contributed by atoms with Gasteiger partial charge in [-0.05, 0) is 12.1 Å². The molecule has 0 unspecified atom stereocenters. The highest BCUT2D eigenvalue weighted by Gasteiger charge is 2.06. The van der Waals surface area contributed by atoms with Gasteiger partial charge >= 0.3 is 5.97 Å². The third kappa shape index (κ3) is 2.60. The van der Waals surface area contributed by atoms with Crippen LogP contribution in [0.5, 0.6) is 5.75 Å². The molecule has 0 saturated carbocycles. The Labute approximate surface area is 98.9 Å². The van der Waals surface area contributed by atoms with E-state index in [1.807, 2.05) is 24.3 Å². The monoisotopic (exact) mass is 231 g/mol. The van der Waals surface area contributed by atoms with Crippen LogP contribution in [0.3, 0.4) is 0 Å². The zero-order valence-electron chi connectivity index (χ0n) is 9.51. The Bertz CT molecular complexity index is 551. The fourth-order valence-corrected chi connectivity index (χ4v) is 1.65. The van der Waals surface area contributed by atoms with Gasteiger partial charge in [-0.3, -0.25) is 4.79 Å².